The number of nitrogens with two attached hydrogens (primary N) is 1. The van der Waals surface area contributed by atoms with E-state index in [2.05, 4.69) is 0 Å². The van der Waals surface area contributed by atoms with Crippen LogP contribution in [0.5, 0.6) is 0 Å². The molecule has 5 heteroatoms. The molecule has 4 nitrogen and oxygen atoms in total. The molecule has 0 aliphatic heterocycles. The Morgan fingerprint density at radius 1 is 1.18 bits per heavy atom. The maximum absolute atomic E-state index is 12.1. The molecule has 17 heavy (non-hydrogen) atoms. The van der Waals surface area contributed by atoms with Crippen LogP contribution in [0.25, 0.3) is 0 Å². The number of hydrogen-bond acceptors (Lipinski definition) is 3. The van der Waals surface area contributed by atoms with Gasteiger partial charge in [0, 0.05) is 14.1 Å². The van der Waals surface area contributed by atoms with Crippen LogP contribution < -0.4 is 5.73 Å². The number of nitrogen functional groups attached to an aromatic ring is 1. The van der Waals surface area contributed by atoms with Gasteiger partial charge in [0.05, 0.1) is 5.69 Å². The normalized spacial score (nSPS) is 13.1. The van der Waals surface area contributed by atoms with E-state index in [0.717, 1.165) is 5.56 Å². The molecule has 0 unspecified atom stereocenters. The minimum absolute atomic E-state index is 0.176. The summed E-state index contributed by atoms with van der Waals surface area (Å²) in [6, 6.07) is 5.14. The Balaban J connectivity index is 3.51. The fourth-order valence-electron chi connectivity index (χ4n) is 1.62. The van der Waals surface area contributed by atoms with Gasteiger partial charge in [0.2, 0.25) is 10.0 Å². The van der Waals surface area contributed by atoms with E-state index in [-0.39, 0.29) is 10.3 Å². The van der Waals surface area contributed by atoms with Crippen LogP contribution in [0.3, 0.4) is 0 Å². The maximum atomic E-state index is 12.1. The zero-order chi connectivity index (χ0) is 13.4. The quantitative estimate of drug-likeness (QED) is 0.821. The van der Waals surface area contributed by atoms with E-state index in [1.807, 2.05) is 26.8 Å². The van der Waals surface area contributed by atoms with Gasteiger partial charge in [-0.1, -0.05) is 32.9 Å². The van der Waals surface area contributed by atoms with Crippen LogP contribution in [0.15, 0.2) is 23.1 Å². The minimum atomic E-state index is -3.48. The van der Waals surface area contributed by atoms with Crippen molar-refractivity contribution in [1.82, 2.24) is 4.31 Å². The molecule has 1 rings (SSSR count). The number of sulfonamides is 1. The predicted octanol–water partition coefficient (Wildman–Crippen LogP) is 1.82. The van der Waals surface area contributed by atoms with Crippen molar-refractivity contribution < 1.29 is 8.42 Å². The summed E-state index contributed by atoms with van der Waals surface area (Å²) in [4.78, 5) is 0.176. The van der Waals surface area contributed by atoms with Crippen molar-refractivity contribution in [2.45, 2.75) is 31.1 Å². The van der Waals surface area contributed by atoms with Crippen molar-refractivity contribution in [2.24, 2.45) is 0 Å². The molecule has 0 saturated heterocycles. The van der Waals surface area contributed by atoms with Gasteiger partial charge in [-0.25, -0.2) is 12.7 Å². The Hall–Kier alpha value is -1.07. The average molecular weight is 256 g/mol. The number of nitrogens with zero attached hydrogens (tertiary/aromatic N) is 1. The summed E-state index contributed by atoms with van der Waals surface area (Å²) in [5, 5.41) is 0. The first kappa shape index (κ1) is 14.0. The lowest BCUT2D eigenvalue weighted by atomic mass is 9.86. The summed E-state index contributed by atoms with van der Waals surface area (Å²) in [5.74, 6) is 0. The summed E-state index contributed by atoms with van der Waals surface area (Å²) in [5.41, 5.74) is 7.00. The van der Waals surface area contributed by atoms with Gasteiger partial charge in [-0.3, -0.25) is 0 Å². The molecule has 0 aromatic heterocycles. The van der Waals surface area contributed by atoms with Crippen molar-refractivity contribution >= 4 is 15.7 Å². The second-order valence-electron chi connectivity index (χ2n) is 5.25. The second kappa shape index (κ2) is 4.31. The van der Waals surface area contributed by atoms with E-state index in [1.165, 1.54) is 18.4 Å². The van der Waals surface area contributed by atoms with Crippen LogP contribution in [-0.4, -0.2) is 26.8 Å². The lowest BCUT2D eigenvalue weighted by Crippen LogP contribution is -2.24. The third-order valence-corrected chi connectivity index (χ3v) is 4.51. The molecule has 0 radical (unpaired) electrons. The molecule has 0 spiro atoms. The van der Waals surface area contributed by atoms with Gasteiger partial charge in [-0.2, -0.15) is 0 Å². The molecule has 2 N–H and O–H groups in total. The molecule has 0 aliphatic rings. The zero-order valence-electron chi connectivity index (χ0n) is 11.0. The standard InChI is InChI=1S/C12H20N2O2S/c1-12(2,3)9-7-6-8-10(11(9)13)17(15,16)14(4)5/h6-8H,13H2,1-5H3. The Morgan fingerprint density at radius 3 is 2.12 bits per heavy atom. The highest BCUT2D eigenvalue weighted by Gasteiger charge is 2.25. The highest BCUT2D eigenvalue weighted by Crippen LogP contribution is 2.32. The lowest BCUT2D eigenvalue weighted by molar-refractivity contribution is 0.520. The molecule has 0 amide bonds. The second-order valence-corrected chi connectivity index (χ2v) is 7.38. The summed E-state index contributed by atoms with van der Waals surface area (Å²) in [6.07, 6.45) is 0. The molecular weight excluding hydrogens is 236 g/mol. The van der Waals surface area contributed by atoms with E-state index < -0.39 is 10.0 Å². The molecule has 1 aromatic rings. The van der Waals surface area contributed by atoms with Crippen molar-refractivity contribution in [3.05, 3.63) is 23.8 Å². The SMILES string of the molecule is CN(C)S(=O)(=O)c1cccc(C(C)(C)C)c1N. The molecule has 96 valence electrons. The van der Waals surface area contributed by atoms with Crippen molar-refractivity contribution in [2.75, 3.05) is 19.8 Å². The Bertz CT molecular complexity index is 514. The number of hydrogen-bond donors (Lipinski definition) is 1. The van der Waals surface area contributed by atoms with Crippen LogP contribution in [0.1, 0.15) is 26.3 Å². The van der Waals surface area contributed by atoms with E-state index >= 15 is 0 Å². The molecule has 0 atom stereocenters. The summed E-state index contributed by atoms with van der Waals surface area (Å²) >= 11 is 0. The maximum Gasteiger partial charge on any atom is 0.244 e. The van der Waals surface area contributed by atoms with Gasteiger partial charge >= 0.3 is 0 Å². The fourth-order valence-corrected chi connectivity index (χ4v) is 2.65. The van der Waals surface area contributed by atoms with Crippen molar-refractivity contribution in [3.63, 3.8) is 0 Å². The van der Waals surface area contributed by atoms with E-state index in [1.54, 1.807) is 12.1 Å². The van der Waals surface area contributed by atoms with Crippen molar-refractivity contribution in [3.8, 4) is 0 Å². The number of anilines is 1. The van der Waals surface area contributed by atoms with Crippen LogP contribution in [0.4, 0.5) is 5.69 Å². The van der Waals surface area contributed by atoms with E-state index in [0.29, 0.717) is 5.69 Å². The van der Waals surface area contributed by atoms with Crippen LogP contribution in [-0.2, 0) is 15.4 Å². The first-order chi connectivity index (χ1) is 7.58. The Labute approximate surface area is 103 Å². The highest BCUT2D eigenvalue weighted by molar-refractivity contribution is 7.89. The average Bonchev–Trinajstić information content (AvgIpc) is 2.15. The van der Waals surface area contributed by atoms with Gasteiger partial charge in [-0.05, 0) is 17.0 Å². The summed E-state index contributed by atoms with van der Waals surface area (Å²) < 4.78 is 25.3. The first-order valence-corrected chi connectivity index (χ1v) is 6.84. The van der Waals surface area contributed by atoms with Crippen molar-refractivity contribution in [1.29, 1.82) is 0 Å². The Morgan fingerprint density at radius 2 is 1.71 bits per heavy atom. The monoisotopic (exact) mass is 256 g/mol. The molecule has 0 aliphatic carbocycles. The minimum Gasteiger partial charge on any atom is -0.397 e. The van der Waals surface area contributed by atoms with E-state index in [9.17, 15) is 8.42 Å². The number of rotatable bonds is 2. The van der Waals surface area contributed by atoms with Gasteiger partial charge in [-0.15, -0.1) is 0 Å². The lowest BCUT2D eigenvalue weighted by Gasteiger charge is -2.23. The van der Waals surface area contributed by atoms with E-state index in [4.69, 9.17) is 5.73 Å². The smallest absolute Gasteiger partial charge is 0.244 e. The molecule has 0 heterocycles. The molecule has 1 aromatic carbocycles. The summed E-state index contributed by atoms with van der Waals surface area (Å²) in [7, 11) is -0.485. The third-order valence-electron chi connectivity index (χ3n) is 2.63. The summed E-state index contributed by atoms with van der Waals surface area (Å²) in [6.45, 7) is 6.01. The van der Waals surface area contributed by atoms with Gasteiger partial charge < -0.3 is 5.73 Å². The zero-order valence-corrected chi connectivity index (χ0v) is 11.8. The van der Waals surface area contributed by atoms with Gasteiger partial charge in [0.25, 0.3) is 0 Å². The molecule has 0 saturated carbocycles. The first-order valence-electron chi connectivity index (χ1n) is 5.40. The largest absolute Gasteiger partial charge is 0.397 e. The van der Waals surface area contributed by atoms with Gasteiger partial charge in [0.15, 0.2) is 0 Å². The topological polar surface area (TPSA) is 63.4 Å². The fraction of sp³-hybridized carbons (Fsp3) is 0.500. The molecular formula is C12H20N2O2S. The Kier molecular flexibility index (Phi) is 3.55. The van der Waals surface area contributed by atoms with Crippen LogP contribution in [0, 0.1) is 0 Å². The molecule has 0 bridgehead atoms. The predicted molar refractivity (Wildman–Crippen MR) is 70.4 cm³/mol. The highest BCUT2D eigenvalue weighted by atomic mass is 32.2. The van der Waals surface area contributed by atoms with Gasteiger partial charge in [0.1, 0.15) is 4.90 Å². The van der Waals surface area contributed by atoms with Crippen LogP contribution in [0.2, 0.25) is 0 Å². The molecule has 0 fully saturated rings. The third kappa shape index (κ3) is 2.61. The van der Waals surface area contributed by atoms with Crippen LogP contribution >= 0.6 is 0 Å². The number of para-hydroxylation sites is 1. The number of benzene rings is 1.